The van der Waals surface area contributed by atoms with E-state index < -0.39 is 0 Å². The van der Waals surface area contributed by atoms with E-state index in [0.717, 1.165) is 0 Å². The van der Waals surface area contributed by atoms with Gasteiger partial charge in [0.1, 0.15) is 0 Å². The smallest absolute Gasteiger partial charge is 0.409 e. The van der Waals surface area contributed by atoms with Crippen LogP contribution in [-0.4, -0.2) is 72.0 Å². The molecule has 0 unspecified atom stereocenters. The lowest BCUT2D eigenvalue weighted by atomic mass is 10.1. The molecule has 134 valence electrons. The molecule has 0 aromatic carbocycles. The summed E-state index contributed by atoms with van der Waals surface area (Å²) in [5, 5.41) is 2.64. The first kappa shape index (κ1) is 18.4. The van der Waals surface area contributed by atoms with Gasteiger partial charge in [-0.1, -0.05) is 6.08 Å². The monoisotopic (exact) mass is 346 g/mol. The van der Waals surface area contributed by atoms with Crippen molar-refractivity contribution in [3.05, 3.63) is 42.2 Å². The Morgan fingerprint density at radius 3 is 2.48 bits per heavy atom. The van der Waals surface area contributed by atoms with Gasteiger partial charge >= 0.3 is 6.09 Å². The number of aromatic nitrogens is 1. The second kappa shape index (κ2) is 8.81. The van der Waals surface area contributed by atoms with Gasteiger partial charge in [-0.05, 0) is 13.0 Å². The van der Waals surface area contributed by atoms with Gasteiger partial charge in [0.2, 0.25) is 0 Å². The minimum atomic E-state index is -0.364. The average molecular weight is 346 g/mol. The summed E-state index contributed by atoms with van der Waals surface area (Å²) in [6.45, 7) is 7.59. The number of carbonyl (C=O) groups excluding carboxylic acids is 3. The first-order chi connectivity index (χ1) is 12.1. The fraction of sp³-hybridized carbons (Fsp3) is 0.412. The van der Waals surface area contributed by atoms with E-state index in [9.17, 15) is 14.4 Å². The average Bonchev–Trinajstić information content (AvgIpc) is 2.66. The Morgan fingerprint density at radius 1 is 1.20 bits per heavy atom. The SMILES string of the molecule is C=CCNC(=O)c1cncc(C(=O)N2CCN(C(=O)OCC)CC2)c1. The minimum absolute atomic E-state index is 0.214. The highest BCUT2D eigenvalue weighted by atomic mass is 16.6. The van der Waals surface area contributed by atoms with E-state index in [4.69, 9.17) is 4.74 Å². The molecule has 1 aliphatic heterocycles. The number of nitrogens with one attached hydrogen (secondary N) is 1. The summed E-state index contributed by atoms with van der Waals surface area (Å²) in [5.41, 5.74) is 0.661. The van der Waals surface area contributed by atoms with Gasteiger partial charge in [0.25, 0.3) is 11.8 Å². The van der Waals surface area contributed by atoms with E-state index in [0.29, 0.717) is 50.5 Å². The summed E-state index contributed by atoms with van der Waals surface area (Å²) in [4.78, 5) is 43.4. The van der Waals surface area contributed by atoms with Gasteiger partial charge in [-0.15, -0.1) is 6.58 Å². The van der Waals surface area contributed by atoms with E-state index >= 15 is 0 Å². The van der Waals surface area contributed by atoms with E-state index in [2.05, 4.69) is 16.9 Å². The van der Waals surface area contributed by atoms with Crippen molar-refractivity contribution in [1.29, 1.82) is 0 Å². The van der Waals surface area contributed by atoms with Crippen molar-refractivity contribution in [3.8, 4) is 0 Å². The molecule has 0 radical (unpaired) electrons. The Morgan fingerprint density at radius 2 is 1.84 bits per heavy atom. The Hall–Kier alpha value is -2.90. The van der Waals surface area contributed by atoms with Crippen LogP contribution >= 0.6 is 0 Å². The number of hydrogen-bond acceptors (Lipinski definition) is 5. The first-order valence-corrected chi connectivity index (χ1v) is 8.12. The van der Waals surface area contributed by atoms with E-state index in [1.807, 2.05) is 0 Å². The van der Waals surface area contributed by atoms with Crippen LogP contribution in [0.15, 0.2) is 31.1 Å². The highest BCUT2D eigenvalue weighted by Crippen LogP contribution is 2.11. The van der Waals surface area contributed by atoms with E-state index in [1.165, 1.54) is 18.5 Å². The predicted octanol–water partition coefficient (Wildman–Crippen LogP) is 0.912. The number of piperazine rings is 1. The summed E-state index contributed by atoms with van der Waals surface area (Å²) >= 11 is 0. The van der Waals surface area contributed by atoms with Crippen LogP contribution < -0.4 is 5.32 Å². The number of pyridine rings is 1. The molecule has 2 heterocycles. The number of rotatable bonds is 5. The molecule has 25 heavy (non-hydrogen) atoms. The summed E-state index contributed by atoms with van der Waals surface area (Å²) in [7, 11) is 0. The molecule has 1 fully saturated rings. The van der Waals surface area contributed by atoms with Crippen LogP contribution in [0.1, 0.15) is 27.6 Å². The van der Waals surface area contributed by atoms with Gasteiger partial charge in [0.05, 0.1) is 17.7 Å². The minimum Gasteiger partial charge on any atom is -0.450 e. The lowest BCUT2D eigenvalue weighted by Gasteiger charge is -2.34. The van der Waals surface area contributed by atoms with Crippen LogP contribution in [0.25, 0.3) is 0 Å². The van der Waals surface area contributed by atoms with E-state index in [-0.39, 0.29) is 17.9 Å². The standard InChI is InChI=1S/C17H22N4O4/c1-3-5-19-15(22)13-10-14(12-18-11-13)16(23)20-6-8-21(9-7-20)17(24)25-4-2/h3,10-12H,1,4-9H2,2H3,(H,19,22). The van der Waals surface area contributed by atoms with Gasteiger partial charge in [-0.3, -0.25) is 14.6 Å². The number of ether oxygens (including phenoxy) is 1. The second-order valence-electron chi connectivity index (χ2n) is 5.44. The van der Waals surface area contributed by atoms with Crippen molar-refractivity contribution >= 4 is 17.9 Å². The summed E-state index contributed by atoms with van der Waals surface area (Å²) < 4.78 is 4.96. The molecular formula is C17H22N4O4. The first-order valence-electron chi connectivity index (χ1n) is 8.12. The number of amides is 3. The topological polar surface area (TPSA) is 91.8 Å². The number of carbonyl (C=O) groups is 3. The third-order valence-corrected chi connectivity index (χ3v) is 3.75. The Labute approximate surface area is 146 Å². The molecule has 1 aliphatic rings. The zero-order chi connectivity index (χ0) is 18.2. The molecule has 8 heteroatoms. The van der Waals surface area contributed by atoms with Crippen molar-refractivity contribution in [2.45, 2.75) is 6.92 Å². The number of nitrogens with zero attached hydrogens (tertiary/aromatic N) is 3. The molecule has 8 nitrogen and oxygen atoms in total. The fourth-order valence-electron chi connectivity index (χ4n) is 2.44. The Kier molecular flexibility index (Phi) is 6.50. The molecule has 1 N–H and O–H groups in total. The molecule has 3 amide bonds. The maximum absolute atomic E-state index is 12.6. The molecule has 0 bridgehead atoms. The lowest BCUT2D eigenvalue weighted by Crippen LogP contribution is -2.50. The Balaban J connectivity index is 1.98. The van der Waals surface area contributed by atoms with Crippen LogP contribution in [0.5, 0.6) is 0 Å². The fourth-order valence-corrected chi connectivity index (χ4v) is 2.44. The summed E-state index contributed by atoms with van der Waals surface area (Å²) in [5.74, 6) is -0.524. The normalized spacial score (nSPS) is 14.0. The number of hydrogen-bond donors (Lipinski definition) is 1. The van der Waals surface area contributed by atoms with E-state index in [1.54, 1.807) is 22.8 Å². The third-order valence-electron chi connectivity index (χ3n) is 3.75. The van der Waals surface area contributed by atoms with Crippen LogP contribution in [0.4, 0.5) is 4.79 Å². The zero-order valence-corrected chi connectivity index (χ0v) is 14.2. The lowest BCUT2D eigenvalue weighted by molar-refractivity contribution is 0.0570. The molecule has 1 aromatic rings. The van der Waals surface area contributed by atoms with Crippen LogP contribution in [-0.2, 0) is 4.74 Å². The van der Waals surface area contributed by atoms with Crippen LogP contribution in [0, 0.1) is 0 Å². The highest BCUT2D eigenvalue weighted by Gasteiger charge is 2.26. The zero-order valence-electron chi connectivity index (χ0n) is 14.2. The van der Waals surface area contributed by atoms with Crippen LogP contribution in [0.2, 0.25) is 0 Å². The van der Waals surface area contributed by atoms with Crippen molar-refractivity contribution in [1.82, 2.24) is 20.1 Å². The predicted molar refractivity (Wildman–Crippen MR) is 91.3 cm³/mol. The van der Waals surface area contributed by atoms with Gasteiger partial charge in [-0.25, -0.2) is 4.79 Å². The molecule has 1 saturated heterocycles. The van der Waals surface area contributed by atoms with Gasteiger partial charge in [0.15, 0.2) is 0 Å². The maximum Gasteiger partial charge on any atom is 0.409 e. The van der Waals surface area contributed by atoms with Crippen molar-refractivity contribution < 1.29 is 19.1 Å². The van der Waals surface area contributed by atoms with Gasteiger partial charge < -0.3 is 19.9 Å². The summed E-state index contributed by atoms with van der Waals surface area (Å²) in [6.07, 6.45) is 4.05. The highest BCUT2D eigenvalue weighted by molar-refractivity contribution is 5.99. The molecule has 2 rings (SSSR count). The summed E-state index contributed by atoms with van der Waals surface area (Å²) in [6, 6.07) is 1.52. The molecular weight excluding hydrogens is 324 g/mol. The van der Waals surface area contributed by atoms with Crippen molar-refractivity contribution in [2.24, 2.45) is 0 Å². The molecule has 0 spiro atoms. The van der Waals surface area contributed by atoms with Crippen LogP contribution in [0.3, 0.4) is 0 Å². The molecule has 0 saturated carbocycles. The van der Waals surface area contributed by atoms with Crippen molar-refractivity contribution in [3.63, 3.8) is 0 Å². The maximum atomic E-state index is 12.6. The largest absolute Gasteiger partial charge is 0.450 e. The molecule has 0 atom stereocenters. The third kappa shape index (κ3) is 4.79. The van der Waals surface area contributed by atoms with Crippen molar-refractivity contribution in [2.75, 3.05) is 39.3 Å². The van der Waals surface area contributed by atoms with Gasteiger partial charge in [-0.2, -0.15) is 0 Å². The second-order valence-corrected chi connectivity index (χ2v) is 5.44. The quantitative estimate of drug-likeness (QED) is 0.800. The molecule has 0 aliphatic carbocycles. The Bertz CT molecular complexity index is 654. The molecule has 1 aromatic heterocycles. The van der Waals surface area contributed by atoms with Gasteiger partial charge in [0, 0.05) is 45.1 Å².